The molecule has 0 amide bonds. The van der Waals surface area contributed by atoms with Crippen molar-refractivity contribution in [1.82, 2.24) is 9.97 Å². The molecule has 0 aliphatic carbocycles. The molecule has 0 bridgehead atoms. The SMILES string of the molecule is O=S(=O)(O)c1cccc(Nc2ncccn2)c1. The fraction of sp³-hybridized carbons (Fsp3) is 0. The maximum atomic E-state index is 10.9. The minimum Gasteiger partial charge on any atom is -0.324 e. The maximum Gasteiger partial charge on any atom is 0.294 e. The highest BCUT2D eigenvalue weighted by Crippen LogP contribution is 2.17. The van der Waals surface area contributed by atoms with Crippen molar-refractivity contribution < 1.29 is 13.0 Å². The number of anilines is 2. The third kappa shape index (κ3) is 2.99. The molecule has 2 N–H and O–H groups in total. The Hall–Kier alpha value is -1.99. The van der Waals surface area contributed by atoms with Gasteiger partial charge in [-0.25, -0.2) is 9.97 Å². The zero-order valence-electron chi connectivity index (χ0n) is 8.61. The first kappa shape index (κ1) is 11.5. The molecule has 7 heteroatoms. The van der Waals surface area contributed by atoms with Crippen LogP contribution in [0.15, 0.2) is 47.6 Å². The molecule has 1 heterocycles. The summed E-state index contributed by atoms with van der Waals surface area (Å²) < 4.78 is 30.8. The number of nitrogens with one attached hydrogen (secondary N) is 1. The van der Waals surface area contributed by atoms with Crippen molar-refractivity contribution in [3.8, 4) is 0 Å². The number of benzene rings is 1. The van der Waals surface area contributed by atoms with Crippen LogP contribution in [0, 0.1) is 0 Å². The molecule has 1 aromatic carbocycles. The molecule has 2 aromatic rings. The molecule has 0 aliphatic heterocycles. The normalized spacial score (nSPS) is 11.1. The van der Waals surface area contributed by atoms with Gasteiger partial charge in [-0.05, 0) is 24.3 Å². The van der Waals surface area contributed by atoms with Crippen molar-refractivity contribution in [3.05, 3.63) is 42.7 Å². The molecular formula is C10H9N3O3S. The van der Waals surface area contributed by atoms with Crippen LogP contribution in [0.4, 0.5) is 11.6 Å². The van der Waals surface area contributed by atoms with E-state index >= 15 is 0 Å². The highest BCUT2D eigenvalue weighted by molar-refractivity contribution is 7.85. The van der Waals surface area contributed by atoms with Crippen LogP contribution in [0.2, 0.25) is 0 Å². The second-order valence-electron chi connectivity index (χ2n) is 3.20. The fourth-order valence-electron chi connectivity index (χ4n) is 1.23. The summed E-state index contributed by atoms with van der Waals surface area (Å²) in [6, 6.07) is 7.41. The van der Waals surface area contributed by atoms with Crippen LogP contribution in [0.3, 0.4) is 0 Å². The van der Waals surface area contributed by atoms with Crippen molar-refractivity contribution in [3.63, 3.8) is 0 Å². The van der Waals surface area contributed by atoms with Gasteiger partial charge in [-0.15, -0.1) is 0 Å². The summed E-state index contributed by atoms with van der Waals surface area (Å²) in [6.45, 7) is 0. The van der Waals surface area contributed by atoms with Gasteiger partial charge in [0, 0.05) is 18.1 Å². The summed E-state index contributed by atoms with van der Waals surface area (Å²) in [7, 11) is -4.20. The number of hydrogen-bond acceptors (Lipinski definition) is 5. The van der Waals surface area contributed by atoms with Crippen molar-refractivity contribution >= 4 is 21.8 Å². The van der Waals surface area contributed by atoms with Crippen molar-refractivity contribution in [2.45, 2.75) is 4.90 Å². The second kappa shape index (κ2) is 4.48. The van der Waals surface area contributed by atoms with Gasteiger partial charge >= 0.3 is 0 Å². The molecule has 0 aliphatic rings. The maximum absolute atomic E-state index is 10.9. The van der Waals surface area contributed by atoms with Gasteiger partial charge in [0.1, 0.15) is 0 Å². The van der Waals surface area contributed by atoms with Crippen molar-refractivity contribution in [2.24, 2.45) is 0 Å². The van der Waals surface area contributed by atoms with Crippen LogP contribution < -0.4 is 5.32 Å². The third-order valence-corrected chi connectivity index (χ3v) is 2.80. The molecule has 17 heavy (non-hydrogen) atoms. The Labute approximate surface area is 98.1 Å². The average molecular weight is 251 g/mol. The fourth-order valence-corrected chi connectivity index (χ4v) is 1.75. The van der Waals surface area contributed by atoms with E-state index in [9.17, 15) is 8.42 Å². The molecule has 0 atom stereocenters. The monoisotopic (exact) mass is 251 g/mol. The molecule has 0 unspecified atom stereocenters. The minimum absolute atomic E-state index is 0.182. The molecule has 0 saturated heterocycles. The van der Waals surface area contributed by atoms with E-state index in [1.54, 1.807) is 24.5 Å². The molecular weight excluding hydrogens is 242 g/mol. The Morgan fingerprint density at radius 3 is 2.47 bits per heavy atom. The molecule has 1 aromatic heterocycles. The lowest BCUT2D eigenvalue weighted by Crippen LogP contribution is -2.00. The van der Waals surface area contributed by atoms with E-state index in [1.807, 2.05) is 0 Å². The number of nitrogens with zero attached hydrogens (tertiary/aromatic N) is 2. The Morgan fingerprint density at radius 1 is 1.12 bits per heavy atom. The van der Waals surface area contributed by atoms with E-state index in [0.29, 0.717) is 11.6 Å². The van der Waals surface area contributed by atoms with Gasteiger partial charge in [0.25, 0.3) is 10.1 Å². The van der Waals surface area contributed by atoms with Gasteiger partial charge < -0.3 is 5.32 Å². The van der Waals surface area contributed by atoms with E-state index < -0.39 is 10.1 Å². The predicted octanol–water partition coefficient (Wildman–Crippen LogP) is 1.47. The first-order valence-electron chi connectivity index (χ1n) is 4.67. The number of hydrogen-bond donors (Lipinski definition) is 2. The highest BCUT2D eigenvalue weighted by atomic mass is 32.2. The van der Waals surface area contributed by atoms with Crippen LogP contribution in [0.1, 0.15) is 0 Å². The third-order valence-electron chi connectivity index (χ3n) is 1.95. The number of aromatic nitrogens is 2. The molecule has 6 nitrogen and oxygen atoms in total. The van der Waals surface area contributed by atoms with Gasteiger partial charge in [-0.2, -0.15) is 8.42 Å². The Bertz CT molecular complexity index is 614. The molecule has 0 radical (unpaired) electrons. The van der Waals surface area contributed by atoms with E-state index in [4.69, 9.17) is 4.55 Å². The molecule has 0 saturated carbocycles. The van der Waals surface area contributed by atoms with Gasteiger partial charge in [0.05, 0.1) is 4.90 Å². The lowest BCUT2D eigenvalue weighted by Gasteiger charge is -2.05. The molecule has 2 rings (SSSR count). The number of rotatable bonds is 3. The van der Waals surface area contributed by atoms with Crippen LogP contribution in [-0.2, 0) is 10.1 Å². The summed E-state index contributed by atoms with van der Waals surface area (Å²) in [5.41, 5.74) is 0.478. The first-order chi connectivity index (χ1) is 8.05. The van der Waals surface area contributed by atoms with Crippen molar-refractivity contribution in [1.29, 1.82) is 0 Å². The Kier molecular flexibility index (Phi) is 3.03. The van der Waals surface area contributed by atoms with Crippen LogP contribution in [0.5, 0.6) is 0 Å². The first-order valence-corrected chi connectivity index (χ1v) is 6.11. The lowest BCUT2D eigenvalue weighted by atomic mass is 10.3. The minimum atomic E-state index is -4.20. The zero-order valence-corrected chi connectivity index (χ0v) is 9.42. The largest absolute Gasteiger partial charge is 0.324 e. The van der Waals surface area contributed by atoms with E-state index in [1.165, 1.54) is 18.2 Å². The summed E-state index contributed by atoms with van der Waals surface area (Å²) in [5.74, 6) is 0.347. The zero-order chi connectivity index (χ0) is 12.3. The standard InChI is InChI=1S/C10H9N3O3S/c14-17(15,16)9-4-1-3-8(7-9)13-10-11-5-2-6-12-10/h1-7H,(H,11,12,13)(H,14,15,16). The van der Waals surface area contributed by atoms with Crippen LogP contribution in [0.25, 0.3) is 0 Å². The molecule has 88 valence electrons. The van der Waals surface area contributed by atoms with Crippen molar-refractivity contribution in [2.75, 3.05) is 5.32 Å². The summed E-state index contributed by atoms with van der Waals surface area (Å²) in [5, 5.41) is 2.82. The van der Waals surface area contributed by atoms with Gasteiger partial charge in [-0.3, -0.25) is 4.55 Å². The Balaban J connectivity index is 2.29. The smallest absolute Gasteiger partial charge is 0.294 e. The van der Waals surface area contributed by atoms with Crippen LogP contribution in [-0.4, -0.2) is 22.9 Å². The van der Waals surface area contributed by atoms with Gasteiger partial charge in [-0.1, -0.05) is 6.07 Å². The van der Waals surface area contributed by atoms with E-state index in [0.717, 1.165) is 0 Å². The summed E-state index contributed by atoms with van der Waals surface area (Å²) in [6.07, 6.45) is 3.12. The van der Waals surface area contributed by atoms with Gasteiger partial charge in [0.15, 0.2) is 0 Å². The molecule has 0 fully saturated rings. The summed E-state index contributed by atoms with van der Waals surface area (Å²) in [4.78, 5) is 7.68. The average Bonchev–Trinajstić information content (AvgIpc) is 2.29. The van der Waals surface area contributed by atoms with E-state index in [2.05, 4.69) is 15.3 Å². The topological polar surface area (TPSA) is 92.2 Å². The summed E-state index contributed by atoms with van der Waals surface area (Å²) >= 11 is 0. The lowest BCUT2D eigenvalue weighted by molar-refractivity contribution is 0.483. The Morgan fingerprint density at radius 2 is 1.82 bits per heavy atom. The predicted molar refractivity (Wildman–Crippen MR) is 61.6 cm³/mol. The van der Waals surface area contributed by atoms with Crippen LogP contribution >= 0.6 is 0 Å². The van der Waals surface area contributed by atoms with E-state index in [-0.39, 0.29) is 4.90 Å². The highest BCUT2D eigenvalue weighted by Gasteiger charge is 2.09. The second-order valence-corrected chi connectivity index (χ2v) is 4.62. The quantitative estimate of drug-likeness (QED) is 0.802. The van der Waals surface area contributed by atoms with Gasteiger partial charge in [0.2, 0.25) is 5.95 Å². The molecule has 0 spiro atoms.